The van der Waals surface area contributed by atoms with E-state index in [4.69, 9.17) is 9.47 Å². The summed E-state index contributed by atoms with van der Waals surface area (Å²) in [6, 6.07) is 5.54. The van der Waals surface area contributed by atoms with Gasteiger partial charge in [0, 0.05) is 23.8 Å². The van der Waals surface area contributed by atoms with E-state index < -0.39 is 29.1 Å². The van der Waals surface area contributed by atoms with E-state index in [-0.39, 0.29) is 45.2 Å². The third-order valence-electron chi connectivity index (χ3n) is 5.79. The van der Waals surface area contributed by atoms with E-state index in [0.717, 1.165) is 12.8 Å². The van der Waals surface area contributed by atoms with Crippen molar-refractivity contribution in [2.75, 3.05) is 19.5 Å². The van der Waals surface area contributed by atoms with Crippen molar-refractivity contribution in [2.45, 2.75) is 39.2 Å². The van der Waals surface area contributed by atoms with Crippen LogP contribution in [0.2, 0.25) is 0 Å². The number of aromatic amines is 1. The maximum Gasteiger partial charge on any atom is 0.337 e. The van der Waals surface area contributed by atoms with Crippen LogP contribution >= 0.6 is 0 Å². The molecule has 0 saturated heterocycles. The van der Waals surface area contributed by atoms with E-state index in [2.05, 4.69) is 15.3 Å². The molecular weight excluding hydrogens is 468 g/mol. The number of carbonyl (C=O) groups excluding carboxylic acids is 3. The molecule has 0 unspecified atom stereocenters. The Balaban J connectivity index is 1.86. The van der Waals surface area contributed by atoms with Crippen molar-refractivity contribution in [1.29, 1.82) is 0 Å². The number of H-pyrrole nitrogens is 1. The molecule has 0 radical (unpaired) electrons. The van der Waals surface area contributed by atoms with Gasteiger partial charge in [-0.05, 0) is 43.0 Å². The smallest absolute Gasteiger partial charge is 0.337 e. The van der Waals surface area contributed by atoms with Crippen LogP contribution in [0.25, 0.3) is 11.0 Å². The number of hydrogen-bond donors (Lipinski definition) is 2. The number of methoxy groups -OCH3 is 2. The van der Waals surface area contributed by atoms with Crippen LogP contribution in [0.4, 0.5) is 5.69 Å². The van der Waals surface area contributed by atoms with Crippen molar-refractivity contribution in [1.82, 2.24) is 14.5 Å². The molecule has 1 fully saturated rings. The lowest BCUT2D eigenvalue weighted by atomic mass is 10.1. The van der Waals surface area contributed by atoms with Gasteiger partial charge < -0.3 is 14.8 Å². The average molecular weight is 495 g/mol. The number of rotatable bonds is 7. The standard InChI is InChI=1S/C25H26N4O7/c1-12(2)11-29-20-19(22(31)28-25(29)34)17(10-18(27-20)13-5-6-13)21(30)26-16-8-14(23(32)35-3)7-15(9-16)24(33)36-4/h7-10,12-13H,5-6,11H2,1-4H3,(H,26,30)(H,28,31,34). The van der Waals surface area contributed by atoms with Crippen molar-refractivity contribution < 1.29 is 23.9 Å². The second-order valence-electron chi connectivity index (χ2n) is 9.07. The van der Waals surface area contributed by atoms with Crippen LogP contribution in [0.1, 0.15) is 69.4 Å². The number of amides is 1. The molecule has 0 spiro atoms. The SMILES string of the molecule is COC(=O)c1cc(NC(=O)c2cc(C3CC3)nc3c2c(=O)[nH]c(=O)n3CC(C)C)cc(C(=O)OC)c1. The van der Waals surface area contributed by atoms with Crippen molar-refractivity contribution in [3.05, 3.63) is 67.5 Å². The predicted molar refractivity (Wildman–Crippen MR) is 131 cm³/mol. The molecule has 36 heavy (non-hydrogen) atoms. The average Bonchev–Trinajstić information content (AvgIpc) is 3.70. The Hall–Kier alpha value is -4.28. The van der Waals surface area contributed by atoms with Crippen molar-refractivity contribution in [3.8, 4) is 0 Å². The summed E-state index contributed by atoms with van der Waals surface area (Å²) in [6.45, 7) is 4.15. The summed E-state index contributed by atoms with van der Waals surface area (Å²) >= 11 is 0. The zero-order chi connectivity index (χ0) is 26.1. The molecule has 4 rings (SSSR count). The number of hydrogen-bond acceptors (Lipinski definition) is 8. The third kappa shape index (κ3) is 4.90. The van der Waals surface area contributed by atoms with Gasteiger partial charge >= 0.3 is 17.6 Å². The first kappa shape index (κ1) is 24.8. The normalized spacial score (nSPS) is 13.0. The number of esters is 2. The predicted octanol–water partition coefficient (Wildman–Crippen LogP) is 2.44. The molecule has 2 aromatic heterocycles. The number of anilines is 1. The molecule has 1 saturated carbocycles. The summed E-state index contributed by atoms with van der Waals surface area (Å²) < 4.78 is 10.8. The Labute approximate surface area is 205 Å². The van der Waals surface area contributed by atoms with E-state index >= 15 is 0 Å². The molecule has 1 aromatic carbocycles. The minimum absolute atomic E-state index is 0.0190. The summed E-state index contributed by atoms with van der Waals surface area (Å²) in [5, 5.41) is 2.64. The Bertz CT molecular complexity index is 1460. The first-order valence-electron chi connectivity index (χ1n) is 11.4. The Morgan fingerprint density at radius 1 is 1.06 bits per heavy atom. The second kappa shape index (κ2) is 9.76. The van der Waals surface area contributed by atoms with Gasteiger partial charge in [0.1, 0.15) is 0 Å². The van der Waals surface area contributed by atoms with Gasteiger partial charge in [0.25, 0.3) is 11.5 Å². The highest BCUT2D eigenvalue weighted by Crippen LogP contribution is 2.40. The van der Waals surface area contributed by atoms with Gasteiger partial charge in [-0.3, -0.25) is 19.1 Å². The largest absolute Gasteiger partial charge is 0.465 e. The zero-order valence-electron chi connectivity index (χ0n) is 20.3. The topological polar surface area (TPSA) is 149 Å². The van der Waals surface area contributed by atoms with Crippen LogP contribution < -0.4 is 16.6 Å². The minimum atomic E-state index is -0.728. The quantitative estimate of drug-likeness (QED) is 0.476. The van der Waals surface area contributed by atoms with Gasteiger partial charge in [-0.25, -0.2) is 19.4 Å². The summed E-state index contributed by atoms with van der Waals surface area (Å²) in [6.07, 6.45) is 1.78. The molecular formula is C25H26N4O7. The molecule has 0 aliphatic heterocycles. The van der Waals surface area contributed by atoms with Crippen molar-refractivity contribution in [3.63, 3.8) is 0 Å². The fourth-order valence-corrected chi connectivity index (χ4v) is 3.96. The van der Waals surface area contributed by atoms with E-state index in [1.165, 1.54) is 37.0 Å². The summed E-state index contributed by atoms with van der Waals surface area (Å²) in [7, 11) is 2.38. The molecule has 0 bridgehead atoms. The Morgan fingerprint density at radius 2 is 1.67 bits per heavy atom. The van der Waals surface area contributed by atoms with Crippen molar-refractivity contribution >= 4 is 34.6 Å². The van der Waals surface area contributed by atoms with Gasteiger partial charge in [0.05, 0.1) is 36.3 Å². The Kier molecular flexibility index (Phi) is 6.73. The molecule has 1 aliphatic carbocycles. The Morgan fingerprint density at radius 3 is 2.19 bits per heavy atom. The second-order valence-corrected chi connectivity index (χ2v) is 9.07. The molecule has 188 valence electrons. The van der Waals surface area contributed by atoms with E-state index in [9.17, 15) is 24.0 Å². The molecule has 11 nitrogen and oxygen atoms in total. The number of carbonyl (C=O) groups is 3. The van der Waals surface area contributed by atoms with Crippen LogP contribution in [-0.2, 0) is 16.0 Å². The van der Waals surface area contributed by atoms with Gasteiger partial charge in [-0.15, -0.1) is 0 Å². The summed E-state index contributed by atoms with van der Waals surface area (Å²) in [4.78, 5) is 70.1. The van der Waals surface area contributed by atoms with Crippen LogP contribution in [0.3, 0.4) is 0 Å². The van der Waals surface area contributed by atoms with E-state index in [1.807, 2.05) is 13.8 Å². The highest BCUT2D eigenvalue weighted by atomic mass is 16.5. The lowest BCUT2D eigenvalue weighted by Crippen LogP contribution is -2.33. The number of nitrogens with one attached hydrogen (secondary N) is 2. The van der Waals surface area contributed by atoms with E-state index in [1.54, 1.807) is 6.07 Å². The number of ether oxygens (including phenoxy) is 2. The van der Waals surface area contributed by atoms with Gasteiger partial charge in [0.15, 0.2) is 5.65 Å². The zero-order valence-corrected chi connectivity index (χ0v) is 20.3. The molecule has 2 heterocycles. The lowest BCUT2D eigenvalue weighted by Gasteiger charge is -2.15. The number of nitrogens with zero attached hydrogens (tertiary/aromatic N) is 2. The maximum atomic E-state index is 13.5. The van der Waals surface area contributed by atoms with Gasteiger partial charge in [-0.1, -0.05) is 13.8 Å². The molecule has 11 heteroatoms. The number of benzene rings is 1. The number of aromatic nitrogens is 3. The highest BCUT2D eigenvalue weighted by molar-refractivity contribution is 6.12. The van der Waals surface area contributed by atoms with Crippen LogP contribution in [0.15, 0.2) is 33.9 Å². The van der Waals surface area contributed by atoms with Crippen LogP contribution in [-0.4, -0.2) is 46.6 Å². The van der Waals surface area contributed by atoms with Gasteiger partial charge in [0.2, 0.25) is 0 Å². The van der Waals surface area contributed by atoms with Crippen LogP contribution in [0.5, 0.6) is 0 Å². The fourth-order valence-electron chi connectivity index (χ4n) is 3.96. The first-order chi connectivity index (χ1) is 17.1. The molecule has 3 aromatic rings. The first-order valence-corrected chi connectivity index (χ1v) is 11.4. The third-order valence-corrected chi connectivity index (χ3v) is 5.79. The number of fused-ring (bicyclic) bond motifs is 1. The maximum absolute atomic E-state index is 13.5. The molecule has 1 aliphatic rings. The molecule has 1 amide bonds. The lowest BCUT2D eigenvalue weighted by molar-refractivity contribution is 0.0599. The minimum Gasteiger partial charge on any atom is -0.465 e. The molecule has 2 N–H and O–H groups in total. The summed E-state index contributed by atoms with van der Waals surface area (Å²) in [5.74, 6) is -1.87. The van der Waals surface area contributed by atoms with E-state index in [0.29, 0.717) is 12.2 Å². The summed E-state index contributed by atoms with van der Waals surface area (Å²) in [5.41, 5.74) is -0.360. The van der Waals surface area contributed by atoms with Crippen molar-refractivity contribution in [2.24, 2.45) is 5.92 Å². The van der Waals surface area contributed by atoms with Crippen LogP contribution in [0, 0.1) is 5.92 Å². The fraction of sp³-hybridized carbons (Fsp3) is 0.360. The number of pyridine rings is 1. The molecule has 0 atom stereocenters. The monoisotopic (exact) mass is 494 g/mol. The highest BCUT2D eigenvalue weighted by Gasteiger charge is 2.29. The van der Waals surface area contributed by atoms with Gasteiger partial charge in [-0.2, -0.15) is 0 Å².